The first-order valence-electron chi connectivity index (χ1n) is 23.0. The summed E-state index contributed by atoms with van der Waals surface area (Å²) in [5, 5.41) is 0. The fourth-order valence-corrected chi connectivity index (χ4v) is 7.51. The van der Waals surface area contributed by atoms with Gasteiger partial charge in [-0.2, -0.15) is 0 Å². The zero-order valence-electron chi connectivity index (χ0n) is 40.3. The Morgan fingerprint density at radius 3 is 0.878 bits per heavy atom. The van der Waals surface area contributed by atoms with Crippen molar-refractivity contribution in [1.82, 2.24) is 0 Å². The standard InChI is InChI=1S/C63H49NO10/c1-7-59(65)70-42(6)45-16-30-52(31-17-45)64(50-26-12-43(13-27-50)40-57(46-18-32-53(33-19-46)71-60(66)8-2)47-20-34-54(35-21-47)72-61(67)9-3)51-28-14-44(15-29-51)41-58(48-22-36-55(37-23-48)73-62(68)10-4)49-24-38-56(39-25-49)74-63(69)11-5/h7-42H,1-5H2,6H3. The van der Waals surface area contributed by atoms with Crippen molar-refractivity contribution in [1.29, 1.82) is 0 Å². The number of carbonyl (C=O) groups excluding carboxylic acids is 5. The average Bonchev–Trinajstić information content (AvgIpc) is 3.43. The van der Waals surface area contributed by atoms with E-state index < -0.39 is 36.0 Å². The van der Waals surface area contributed by atoms with Crippen molar-refractivity contribution in [2.45, 2.75) is 13.0 Å². The first-order valence-corrected chi connectivity index (χ1v) is 23.0. The smallest absolute Gasteiger partial charge is 0.335 e. The van der Waals surface area contributed by atoms with Crippen LogP contribution < -0.4 is 23.8 Å². The van der Waals surface area contributed by atoms with E-state index in [4.69, 9.17) is 23.7 Å². The van der Waals surface area contributed by atoms with Gasteiger partial charge in [-0.15, -0.1) is 0 Å². The molecule has 7 aromatic carbocycles. The van der Waals surface area contributed by atoms with Crippen LogP contribution in [0.3, 0.4) is 0 Å². The molecule has 74 heavy (non-hydrogen) atoms. The van der Waals surface area contributed by atoms with Crippen molar-refractivity contribution in [2.24, 2.45) is 0 Å². The molecule has 11 heteroatoms. The average molecular weight is 980 g/mol. The van der Waals surface area contributed by atoms with E-state index in [-0.39, 0.29) is 0 Å². The van der Waals surface area contributed by atoms with Gasteiger partial charge in [0, 0.05) is 47.4 Å². The molecule has 0 heterocycles. The van der Waals surface area contributed by atoms with E-state index in [1.54, 1.807) is 55.5 Å². The SMILES string of the molecule is C=CC(=O)Oc1ccc(C(=Cc2ccc(N(c3ccc(C=C(c4ccc(OC(=O)C=C)cc4)c4ccc(OC(=O)C=C)cc4)cc3)c3ccc(C(C)OC(=O)C=C)cc3)cc2)c2ccc(OC(=O)C=C)cc2)cc1. The third kappa shape index (κ3) is 13.6. The van der Waals surface area contributed by atoms with Gasteiger partial charge in [0.15, 0.2) is 0 Å². The van der Waals surface area contributed by atoms with Gasteiger partial charge in [-0.3, -0.25) is 0 Å². The molecule has 1 atom stereocenters. The molecule has 0 bridgehead atoms. The molecule has 0 radical (unpaired) electrons. The molecule has 11 nitrogen and oxygen atoms in total. The summed E-state index contributed by atoms with van der Waals surface area (Å²) in [5.74, 6) is -1.37. The number of esters is 5. The minimum Gasteiger partial charge on any atom is -0.455 e. The maximum absolute atomic E-state index is 12.1. The number of hydrogen-bond acceptors (Lipinski definition) is 11. The number of carbonyl (C=O) groups is 5. The molecule has 1 unspecified atom stereocenters. The molecule has 0 aliphatic carbocycles. The Morgan fingerprint density at radius 2 is 0.622 bits per heavy atom. The first-order chi connectivity index (χ1) is 35.9. The van der Waals surface area contributed by atoms with Gasteiger partial charge in [-0.1, -0.05) is 118 Å². The lowest BCUT2D eigenvalue weighted by atomic mass is 9.95. The predicted octanol–water partition coefficient (Wildman–Crippen LogP) is 13.5. The number of rotatable bonds is 20. The summed E-state index contributed by atoms with van der Waals surface area (Å²) in [7, 11) is 0. The molecule has 0 fully saturated rings. The Labute approximate surface area is 429 Å². The molecule has 7 aromatic rings. The Morgan fingerprint density at radius 1 is 0.365 bits per heavy atom. The van der Waals surface area contributed by atoms with Crippen LogP contribution in [0, 0.1) is 0 Å². The maximum atomic E-state index is 12.1. The number of nitrogens with zero attached hydrogens (tertiary/aromatic N) is 1. The topological polar surface area (TPSA) is 135 Å². The molecule has 0 N–H and O–H groups in total. The highest BCUT2D eigenvalue weighted by Crippen LogP contribution is 2.38. The Hall–Kier alpha value is -10.1. The minimum absolute atomic E-state index is 0.360. The monoisotopic (exact) mass is 979 g/mol. The fourth-order valence-electron chi connectivity index (χ4n) is 7.51. The Bertz CT molecular complexity index is 2950. The van der Waals surface area contributed by atoms with Crippen LogP contribution >= 0.6 is 0 Å². The van der Waals surface area contributed by atoms with Crippen LogP contribution in [0.5, 0.6) is 23.0 Å². The molecular weight excluding hydrogens is 931 g/mol. The molecular formula is C63H49NO10. The van der Waals surface area contributed by atoms with Gasteiger partial charge in [0.05, 0.1) is 0 Å². The van der Waals surface area contributed by atoms with Gasteiger partial charge in [-0.05, 0) is 154 Å². The summed E-state index contributed by atoms with van der Waals surface area (Å²) in [4.78, 5) is 61.8. The summed E-state index contributed by atoms with van der Waals surface area (Å²) in [5.41, 5.74) is 10.0. The van der Waals surface area contributed by atoms with Crippen LogP contribution in [0.4, 0.5) is 17.1 Å². The lowest BCUT2D eigenvalue weighted by Crippen LogP contribution is -2.11. The zero-order valence-corrected chi connectivity index (χ0v) is 40.3. The van der Waals surface area contributed by atoms with Crippen molar-refractivity contribution in [3.63, 3.8) is 0 Å². The van der Waals surface area contributed by atoms with E-state index in [0.717, 1.165) is 97.5 Å². The second-order valence-corrected chi connectivity index (χ2v) is 16.1. The Kier molecular flexibility index (Phi) is 17.2. The van der Waals surface area contributed by atoms with Crippen molar-refractivity contribution in [3.8, 4) is 23.0 Å². The quantitative estimate of drug-likeness (QED) is 0.0313. The van der Waals surface area contributed by atoms with E-state index in [1.165, 1.54) is 0 Å². The highest BCUT2D eigenvalue weighted by molar-refractivity contribution is 5.94. The van der Waals surface area contributed by atoms with Crippen LogP contribution in [0.15, 0.2) is 233 Å². The van der Waals surface area contributed by atoms with Crippen molar-refractivity contribution < 1.29 is 47.7 Å². The molecule has 7 rings (SSSR count). The lowest BCUT2D eigenvalue weighted by molar-refractivity contribution is -0.142. The number of benzene rings is 7. The van der Waals surface area contributed by atoms with Gasteiger partial charge in [-0.25, -0.2) is 24.0 Å². The molecule has 0 saturated heterocycles. The predicted molar refractivity (Wildman–Crippen MR) is 289 cm³/mol. The molecule has 0 saturated carbocycles. The normalized spacial score (nSPS) is 10.7. The van der Waals surface area contributed by atoms with Crippen LogP contribution in [0.25, 0.3) is 23.3 Å². The van der Waals surface area contributed by atoms with Gasteiger partial charge >= 0.3 is 29.8 Å². The molecule has 0 aromatic heterocycles. The van der Waals surface area contributed by atoms with Crippen LogP contribution in [-0.4, -0.2) is 29.8 Å². The number of anilines is 3. The highest BCUT2D eigenvalue weighted by atomic mass is 16.6. The summed E-state index contributed by atoms with van der Waals surface area (Å²) in [6.45, 7) is 19.2. The van der Waals surface area contributed by atoms with E-state index in [9.17, 15) is 24.0 Å². The summed E-state index contributed by atoms with van der Waals surface area (Å²) in [6, 6.07) is 52.2. The minimum atomic E-state index is -0.572. The van der Waals surface area contributed by atoms with Crippen LogP contribution in [-0.2, 0) is 28.7 Å². The van der Waals surface area contributed by atoms with E-state index >= 15 is 0 Å². The molecule has 0 aliphatic rings. The van der Waals surface area contributed by atoms with Crippen molar-refractivity contribution in [3.05, 3.63) is 272 Å². The van der Waals surface area contributed by atoms with Gasteiger partial charge in [0.1, 0.15) is 29.1 Å². The van der Waals surface area contributed by atoms with E-state index in [1.807, 2.05) is 133 Å². The number of ether oxygens (including phenoxy) is 5. The second kappa shape index (κ2) is 24.6. The Balaban J connectivity index is 1.27. The third-order valence-electron chi connectivity index (χ3n) is 11.2. The molecule has 0 amide bonds. The third-order valence-corrected chi connectivity index (χ3v) is 11.2. The van der Waals surface area contributed by atoms with E-state index in [0.29, 0.717) is 23.0 Å². The summed E-state index contributed by atoms with van der Waals surface area (Å²) >= 11 is 0. The fraction of sp³-hybridized carbons (Fsp3) is 0.0317. The molecule has 0 aliphatic heterocycles. The summed E-state index contributed by atoms with van der Waals surface area (Å²) < 4.78 is 26.8. The highest BCUT2D eigenvalue weighted by Gasteiger charge is 2.17. The largest absolute Gasteiger partial charge is 0.455 e. The summed E-state index contributed by atoms with van der Waals surface area (Å²) in [6.07, 6.45) is 9.07. The van der Waals surface area contributed by atoms with Crippen molar-refractivity contribution in [2.75, 3.05) is 4.90 Å². The van der Waals surface area contributed by atoms with Gasteiger partial charge in [0.2, 0.25) is 0 Å². The van der Waals surface area contributed by atoms with Gasteiger partial charge < -0.3 is 28.6 Å². The van der Waals surface area contributed by atoms with Crippen LogP contribution in [0.2, 0.25) is 0 Å². The van der Waals surface area contributed by atoms with Crippen LogP contribution in [0.1, 0.15) is 52.0 Å². The van der Waals surface area contributed by atoms with E-state index in [2.05, 4.69) is 37.8 Å². The lowest BCUT2D eigenvalue weighted by Gasteiger charge is -2.26. The molecule has 366 valence electrons. The number of hydrogen-bond donors (Lipinski definition) is 0. The molecule has 0 spiro atoms. The maximum Gasteiger partial charge on any atom is 0.335 e. The zero-order chi connectivity index (χ0) is 52.6. The first kappa shape index (κ1) is 51.7. The van der Waals surface area contributed by atoms with Crippen molar-refractivity contribution >= 4 is 70.2 Å². The van der Waals surface area contributed by atoms with Gasteiger partial charge in [0.25, 0.3) is 0 Å². The second-order valence-electron chi connectivity index (χ2n) is 16.1.